The number of carboxylic acid groups (broad SMARTS) is 1. The van der Waals surface area contributed by atoms with Gasteiger partial charge in [0.25, 0.3) is 5.91 Å². The van der Waals surface area contributed by atoms with Crippen molar-refractivity contribution in [1.29, 1.82) is 0 Å². The SMILES string of the molecule is COc1ccccc1C=C1SC(=S)N(CCCC(=O)O)C1=O. The number of nitrogens with zero attached hydrogens (tertiary/aromatic N) is 1. The molecule has 1 amide bonds. The zero-order valence-electron chi connectivity index (χ0n) is 11.9. The van der Waals surface area contributed by atoms with Crippen LogP contribution in [0.25, 0.3) is 6.08 Å². The van der Waals surface area contributed by atoms with E-state index in [0.717, 1.165) is 5.56 Å². The number of hydrogen-bond donors (Lipinski definition) is 1. The van der Waals surface area contributed by atoms with Crippen LogP contribution in [0.15, 0.2) is 29.2 Å². The summed E-state index contributed by atoms with van der Waals surface area (Å²) in [5.41, 5.74) is 0.802. The van der Waals surface area contributed by atoms with Gasteiger partial charge in [-0.25, -0.2) is 0 Å². The molecule has 0 saturated carbocycles. The summed E-state index contributed by atoms with van der Waals surface area (Å²) in [6.07, 6.45) is 2.14. The molecule has 7 heteroatoms. The summed E-state index contributed by atoms with van der Waals surface area (Å²) in [6.45, 7) is 0.320. The molecule has 1 N–H and O–H groups in total. The minimum Gasteiger partial charge on any atom is -0.496 e. The van der Waals surface area contributed by atoms with Gasteiger partial charge in [-0.15, -0.1) is 0 Å². The molecule has 5 nitrogen and oxygen atoms in total. The zero-order valence-corrected chi connectivity index (χ0v) is 13.6. The van der Waals surface area contributed by atoms with E-state index in [4.69, 9.17) is 22.1 Å². The molecular formula is C15H15NO4S2. The number of carbonyl (C=O) groups is 2. The van der Waals surface area contributed by atoms with Gasteiger partial charge in [0.2, 0.25) is 0 Å². The summed E-state index contributed by atoms with van der Waals surface area (Å²) >= 11 is 6.42. The van der Waals surface area contributed by atoms with Gasteiger partial charge in [-0.2, -0.15) is 0 Å². The third-order valence-electron chi connectivity index (χ3n) is 3.07. The van der Waals surface area contributed by atoms with Crippen LogP contribution in [0, 0.1) is 0 Å². The maximum Gasteiger partial charge on any atom is 0.303 e. The Morgan fingerprint density at radius 2 is 2.18 bits per heavy atom. The number of thioether (sulfide) groups is 1. The lowest BCUT2D eigenvalue weighted by Gasteiger charge is -2.13. The first-order chi connectivity index (χ1) is 10.5. The Morgan fingerprint density at radius 3 is 2.86 bits per heavy atom. The van der Waals surface area contributed by atoms with Crippen LogP contribution < -0.4 is 4.74 Å². The van der Waals surface area contributed by atoms with Gasteiger partial charge >= 0.3 is 5.97 Å². The molecule has 0 spiro atoms. The monoisotopic (exact) mass is 337 g/mol. The van der Waals surface area contributed by atoms with Crippen LogP contribution >= 0.6 is 24.0 Å². The molecule has 0 aromatic heterocycles. The number of ether oxygens (including phenoxy) is 1. The van der Waals surface area contributed by atoms with Crippen LogP contribution in [0.3, 0.4) is 0 Å². The van der Waals surface area contributed by atoms with Crippen molar-refractivity contribution in [1.82, 2.24) is 4.90 Å². The molecule has 1 aromatic rings. The van der Waals surface area contributed by atoms with Crippen LogP contribution in [0.5, 0.6) is 5.75 Å². The number of aliphatic carboxylic acids is 1. The topological polar surface area (TPSA) is 66.8 Å². The van der Waals surface area contributed by atoms with Crippen molar-refractivity contribution in [3.05, 3.63) is 34.7 Å². The Hall–Kier alpha value is -1.86. The molecule has 0 aliphatic carbocycles. The summed E-state index contributed by atoms with van der Waals surface area (Å²) in [5, 5.41) is 8.66. The molecule has 0 bridgehead atoms. The Balaban J connectivity index is 2.13. The van der Waals surface area contributed by atoms with E-state index >= 15 is 0 Å². The zero-order chi connectivity index (χ0) is 16.1. The predicted octanol–water partition coefficient (Wildman–Crippen LogP) is 2.76. The fraction of sp³-hybridized carbons (Fsp3) is 0.267. The number of thiocarbonyl (C=S) groups is 1. The van der Waals surface area contributed by atoms with Gasteiger partial charge in [-0.3, -0.25) is 14.5 Å². The molecule has 1 saturated heterocycles. The van der Waals surface area contributed by atoms with E-state index in [9.17, 15) is 9.59 Å². The summed E-state index contributed by atoms with van der Waals surface area (Å²) in [6, 6.07) is 7.39. The third kappa shape index (κ3) is 3.86. The molecule has 1 heterocycles. The van der Waals surface area contributed by atoms with Gasteiger partial charge in [-0.05, 0) is 18.6 Å². The number of carboxylic acids is 1. The fourth-order valence-corrected chi connectivity index (χ4v) is 3.31. The third-order valence-corrected chi connectivity index (χ3v) is 4.45. The number of carbonyl (C=O) groups excluding carboxylic acids is 1. The molecule has 0 unspecified atom stereocenters. The quantitative estimate of drug-likeness (QED) is 0.636. The maximum atomic E-state index is 12.4. The summed E-state index contributed by atoms with van der Waals surface area (Å²) < 4.78 is 5.71. The van der Waals surface area contributed by atoms with Gasteiger partial charge in [0.05, 0.1) is 12.0 Å². The number of hydrogen-bond acceptors (Lipinski definition) is 5. The molecule has 1 aromatic carbocycles. The molecule has 1 aliphatic rings. The van der Waals surface area contributed by atoms with E-state index in [1.54, 1.807) is 13.2 Å². The van der Waals surface area contributed by atoms with E-state index < -0.39 is 5.97 Å². The van der Waals surface area contributed by atoms with Crippen LogP contribution in [-0.4, -0.2) is 39.9 Å². The second-order valence-electron chi connectivity index (χ2n) is 4.57. The highest BCUT2D eigenvalue weighted by Crippen LogP contribution is 2.34. The summed E-state index contributed by atoms with van der Waals surface area (Å²) in [4.78, 5) is 24.9. The van der Waals surface area contributed by atoms with Crippen molar-refractivity contribution in [3.63, 3.8) is 0 Å². The first-order valence-electron chi connectivity index (χ1n) is 6.63. The fourth-order valence-electron chi connectivity index (χ4n) is 2.01. The Bertz CT molecular complexity index is 642. The molecule has 0 atom stereocenters. The second kappa shape index (κ2) is 7.42. The van der Waals surface area contributed by atoms with E-state index in [-0.39, 0.29) is 12.3 Å². The average molecular weight is 337 g/mol. The van der Waals surface area contributed by atoms with Crippen molar-refractivity contribution < 1.29 is 19.4 Å². The van der Waals surface area contributed by atoms with Crippen LogP contribution in [0.1, 0.15) is 18.4 Å². The molecule has 1 aliphatic heterocycles. The lowest BCUT2D eigenvalue weighted by Crippen LogP contribution is -2.29. The van der Waals surface area contributed by atoms with Gasteiger partial charge in [0.15, 0.2) is 0 Å². The maximum absolute atomic E-state index is 12.4. The van der Waals surface area contributed by atoms with Gasteiger partial charge in [0, 0.05) is 18.5 Å². The van der Waals surface area contributed by atoms with E-state index in [2.05, 4.69) is 0 Å². The Morgan fingerprint density at radius 1 is 1.45 bits per heavy atom. The standard InChI is InChI=1S/C15H15NO4S2/c1-20-11-6-3-2-5-10(11)9-12-14(19)16(15(21)22-12)8-4-7-13(17)18/h2-3,5-6,9H,4,7-8H2,1H3,(H,17,18). The van der Waals surface area contributed by atoms with E-state index in [0.29, 0.717) is 27.9 Å². The van der Waals surface area contributed by atoms with E-state index in [1.165, 1.54) is 16.7 Å². The highest BCUT2D eigenvalue weighted by atomic mass is 32.2. The van der Waals surface area contributed by atoms with Crippen molar-refractivity contribution in [3.8, 4) is 5.75 Å². The molecular weight excluding hydrogens is 322 g/mol. The molecule has 1 fully saturated rings. The number of para-hydroxylation sites is 1. The smallest absolute Gasteiger partial charge is 0.303 e. The molecule has 0 radical (unpaired) electrons. The highest BCUT2D eigenvalue weighted by Gasteiger charge is 2.31. The van der Waals surface area contributed by atoms with Crippen molar-refractivity contribution in [2.75, 3.05) is 13.7 Å². The van der Waals surface area contributed by atoms with Gasteiger partial charge < -0.3 is 9.84 Å². The lowest BCUT2D eigenvalue weighted by atomic mass is 10.2. The molecule has 2 rings (SSSR count). The minimum atomic E-state index is -0.880. The number of amides is 1. The molecule has 22 heavy (non-hydrogen) atoms. The van der Waals surface area contributed by atoms with Gasteiger partial charge in [-0.1, -0.05) is 42.2 Å². The van der Waals surface area contributed by atoms with Crippen molar-refractivity contribution >= 4 is 46.3 Å². The van der Waals surface area contributed by atoms with Crippen LogP contribution in [-0.2, 0) is 9.59 Å². The van der Waals surface area contributed by atoms with Gasteiger partial charge in [0.1, 0.15) is 10.1 Å². The summed E-state index contributed by atoms with van der Waals surface area (Å²) in [5.74, 6) is -0.389. The number of benzene rings is 1. The van der Waals surface area contributed by atoms with Crippen LogP contribution in [0.4, 0.5) is 0 Å². The normalized spacial score (nSPS) is 16.4. The van der Waals surface area contributed by atoms with Crippen molar-refractivity contribution in [2.24, 2.45) is 0 Å². The Labute approximate surface area is 137 Å². The first-order valence-corrected chi connectivity index (χ1v) is 7.85. The first kappa shape index (κ1) is 16.5. The van der Waals surface area contributed by atoms with Crippen molar-refractivity contribution in [2.45, 2.75) is 12.8 Å². The average Bonchev–Trinajstić information content (AvgIpc) is 2.75. The van der Waals surface area contributed by atoms with E-state index in [1.807, 2.05) is 24.3 Å². The largest absolute Gasteiger partial charge is 0.496 e. The Kier molecular flexibility index (Phi) is 5.57. The number of rotatable bonds is 6. The lowest BCUT2D eigenvalue weighted by molar-refractivity contribution is -0.137. The van der Waals surface area contributed by atoms with Crippen LogP contribution in [0.2, 0.25) is 0 Å². The molecule has 116 valence electrons. The highest BCUT2D eigenvalue weighted by molar-refractivity contribution is 8.26. The number of methoxy groups -OCH3 is 1. The predicted molar refractivity (Wildman–Crippen MR) is 89.7 cm³/mol. The second-order valence-corrected chi connectivity index (χ2v) is 6.25. The summed E-state index contributed by atoms with van der Waals surface area (Å²) in [7, 11) is 1.57. The minimum absolute atomic E-state index is 0.0165.